The van der Waals surface area contributed by atoms with Crippen LogP contribution in [-0.4, -0.2) is 52.7 Å². The van der Waals surface area contributed by atoms with Crippen LogP contribution in [0.4, 0.5) is 19.4 Å². The molecule has 1 aliphatic rings. The zero-order valence-corrected chi connectivity index (χ0v) is 22.1. The van der Waals surface area contributed by atoms with E-state index in [2.05, 4.69) is 4.98 Å². The maximum Gasteiger partial charge on any atom is 0.410 e. The van der Waals surface area contributed by atoms with E-state index >= 15 is 4.39 Å². The number of halogens is 3. The number of anilines is 1. The fourth-order valence-electron chi connectivity index (χ4n) is 4.53. The summed E-state index contributed by atoms with van der Waals surface area (Å²) in [5, 5.41) is 1.18. The third-order valence-electron chi connectivity index (χ3n) is 6.32. The number of benzene rings is 2. The second-order valence-corrected chi connectivity index (χ2v) is 10.5. The SMILES string of the molecule is CC(C)(C)OC(=O)N1CCN(c2cc(-c3ccc(F)cc3F)c3ccnc(-c4ccccc4Cl)c3n2)CC1. The van der Waals surface area contributed by atoms with Crippen LogP contribution in [0.5, 0.6) is 0 Å². The lowest BCUT2D eigenvalue weighted by Gasteiger charge is -2.36. The van der Waals surface area contributed by atoms with Gasteiger partial charge in [-0.25, -0.2) is 18.6 Å². The summed E-state index contributed by atoms with van der Waals surface area (Å²) in [7, 11) is 0. The molecule has 0 atom stereocenters. The maximum atomic E-state index is 15.0. The minimum Gasteiger partial charge on any atom is -0.444 e. The highest BCUT2D eigenvalue weighted by Crippen LogP contribution is 2.38. The van der Waals surface area contributed by atoms with Crippen LogP contribution in [0.2, 0.25) is 5.02 Å². The molecule has 3 heterocycles. The highest BCUT2D eigenvalue weighted by atomic mass is 35.5. The monoisotopic (exact) mass is 536 g/mol. The molecular weight excluding hydrogens is 510 g/mol. The number of fused-ring (bicyclic) bond motifs is 1. The quantitative estimate of drug-likeness (QED) is 0.283. The van der Waals surface area contributed by atoms with Crippen LogP contribution in [0.1, 0.15) is 20.8 Å². The smallest absolute Gasteiger partial charge is 0.410 e. The normalized spacial score (nSPS) is 14.2. The van der Waals surface area contributed by atoms with Crippen LogP contribution < -0.4 is 4.90 Å². The molecule has 2 aromatic carbocycles. The summed E-state index contributed by atoms with van der Waals surface area (Å²) in [6, 6.07) is 14.4. The number of carbonyl (C=O) groups excluding carboxylic acids is 1. The fraction of sp³-hybridized carbons (Fsp3) is 0.276. The van der Waals surface area contributed by atoms with E-state index in [1.807, 2.05) is 43.9 Å². The molecular formula is C29H27ClF2N4O2. The Morgan fingerprint density at radius 1 is 0.947 bits per heavy atom. The number of aromatic nitrogens is 2. The Morgan fingerprint density at radius 3 is 2.37 bits per heavy atom. The van der Waals surface area contributed by atoms with Gasteiger partial charge in [0.25, 0.3) is 0 Å². The van der Waals surface area contributed by atoms with Gasteiger partial charge in [0.2, 0.25) is 0 Å². The summed E-state index contributed by atoms with van der Waals surface area (Å²) in [5.74, 6) is -0.725. The number of nitrogens with zero attached hydrogens (tertiary/aromatic N) is 4. The Hall–Kier alpha value is -3.78. The van der Waals surface area contributed by atoms with Gasteiger partial charge in [-0.3, -0.25) is 4.98 Å². The van der Waals surface area contributed by atoms with E-state index in [0.29, 0.717) is 64.7 Å². The molecule has 6 nitrogen and oxygen atoms in total. The van der Waals surface area contributed by atoms with Crippen molar-refractivity contribution in [2.75, 3.05) is 31.1 Å². The lowest BCUT2D eigenvalue weighted by Crippen LogP contribution is -2.50. The van der Waals surface area contributed by atoms with E-state index in [4.69, 9.17) is 21.3 Å². The van der Waals surface area contributed by atoms with Gasteiger partial charge < -0.3 is 14.5 Å². The molecule has 0 radical (unpaired) electrons. The zero-order chi connectivity index (χ0) is 27.0. The van der Waals surface area contributed by atoms with Gasteiger partial charge in [0.15, 0.2) is 0 Å². The summed E-state index contributed by atoms with van der Waals surface area (Å²) >= 11 is 6.51. The molecule has 0 saturated carbocycles. The standard InChI is InChI=1S/C29H27ClF2N4O2/c1-29(2,3)38-28(37)36-14-12-35(13-15-36)25-17-22(19-9-8-18(31)16-24(19)32)20-10-11-33-26(27(20)34-25)21-6-4-5-7-23(21)30/h4-11,16-17H,12-15H2,1-3H3. The van der Waals surface area contributed by atoms with Gasteiger partial charge in [-0.05, 0) is 56.7 Å². The predicted octanol–water partition coefficient (Wildman–Crippen LogP) is 6.95. The first kappa shape index (κ1) is 25.9. The van der Waals surface area contributed by atoms with Gasteiger partial charge in [0, 0.05) is 55.0 Å². The van der Waals surface area contributed by atoms with Gasteiger partial charge in [-0.1, -0.05) is 29.8 Å². The number of ether oxygens (including phenoxy) is 1. The Balaban J connectivity index is 1.60. The Kier molecular flexibility index (Phi) is 6.92. The summed E-state index contributed by atoms with van der Waals surface area (Å²) in [4.78, 5) is 25.8. The number of hydrogen-bond donors (Lipinski definition) is 0. The molecule has 0 aliphatic carbocycles. The number of pyridine rings is 2. The summed E-state index contributed by atoms with van der Waals surface area (Å²) in [6.45, 7) is 7.40. The summed E-state index contributed by atoms with van der Waals surface area (Å²) < 4.78 is 34.3. The van der Waals surface area contributed by atoms with Gasteiger partial charge in [-0.15, -0.1) is 0 Å². The van der Waals surface area contributed by atoms with Crippen LogP contribution in [0, 0.1) is 11.6 Å². The van der Waals surface area contributed by atoms with Crippen molar-refractivity contribution in [2.24, 2.45) is 0 Å². The molecule has 2 aromatic heterocycles. The Morgan fingerprint density at radius 2 is 1.68 bits per heavy atom. The molecule has 0 unspecified atom stereocenters. The van der Waals surface area contributed by atoms with Crippen LogP contribution >= 0.6 is 11.6 Å². The van der Waals surface area contributed by atoms with E-state index in [1.54, 1.807) is 29.3 Å². The van der Waals surface area contributed by atoms with Crippen molar-refractivity contribution in [1.82, 2.24) is 14.9 Å². The lowest BCUT2D eigenvalue weighted by atomic mass is 9.98. The highest BCUT2D eigenvalue weighted by Gasteiger charge is 2.27. The first-order valence-corrected chi connectivity index (χ1v) is 12.7. The number of rotatable bonds is 3. The molecule has 1 aliphatic heterocycles. The summed E-state index contributed by atoms with van der Waals surface area (Å²) in [6.07, 6.45) is 1.27. The van der Waals surface area contributed by atoms with E-state index in [1.165, 1.54) is 12.1 Å². The van der Waals surface area contributed by atoms with Crippen molar-refractivity contribution in [2.45, 2.75) is 26.4 Å². The van der Waals surface area contributed by atoms with E-state index in [0.717, 1.165) is 6.07 Å². The number of amides is 1. The summed E-state index contributed by atoms with van der Waals surface area (Å²) in [5.41, 5.74) is 2.04. The molecule has 0 N–H and O–H groups in total. The fourth-order valence-corrected chi connectivity index (χ4v) is 4.75. The van der Waals surface area contributed by atoms with Crippen molar-refractivity contribution in [3.8, 4) is 22.4 Å². The van der Waals surface area contributed by atoms with Gasteiger partial charge in [-0.2, -0.15) is 0 Å². The average molecular weight is 537 g/mol. The lowest BCUT2D eigenvalue weighted by molar-refractivity contribution is 0.0240. The molecule has 1 fully saturated rings. The number of carbonyl (C=O) groups is 1. The van der Waals surface area contributed by atoms with Crippen LogP contribution in [-0.2, 0) is 4.74 Å². The minimum absolute atomic E-state index is 0.253. The first-order chi connectivity index (χ1) is 18.1. The largest absolute Gasteiger partial charge is 0.444 e. The molecule has 1 saturated heterocycles. The van der Waals surface area contributed by atoms with Gasteiger partial charge >= 0.3 is 6.09 Å². The van der Waals surface area contributed by atoms with E-state index in [-0.39, 0.29) is 11.7 Å². The Labute approximate surface area is 224 Å². The van der Waals surface area contributed by atoms with Crippen molar-refractivity contribution in [3.63, 3.8) is 0 Å². The predicted molar refractivity (Wildman–Crippen MR) is 145 cm³/mol. The van der Waals surface area contributed by atoms with Crippen molar-refractivity contribution >= 4 is 34.4 Å². The van der Waals surface area contributed by atoms with Crippen molar-refractivity contribution in [3.05, 3.63) is 77.5 Å². The highest BCUT2D eigenvalue weighted by molar-refractivity contribution is 6.33. The van der Waals surface area contributed by atoms with E-state index < -0.39 is 17.2 Å². The second kappa shape index (κ2) is 10.2. The third-order valence-corrected chi connectivity index (χ3v) is 6.65. The van der Waals surface area contributed by atoms with Crippen molar-refractivity contribution in [1.29, 1.82) is 0 Å². The average Bonchev–Trinajstić information content (AvgIpc) is 2.87. The first-order valence-electron chi connectivity index (χ1n) is 12.3. The second-order valence-electron chi connectivity index (χ2n) is 10.1. The van der Waals surface area contributed by atoms with Gasteiger partial charge in [0.1, 0.15) is 23.1 Å². The molecule has 9 heteroatoms. The molecule has 4 aromatic rings. The topological polar surface area (TPSA) is 58.6 Å². The maximum absolute atomic E-state index is 15.0. The Bertz CT molecular complexity index is 1510. The number of piperazine rings is 1. The van der Waals surface area contributed by atoms with E-state index in [9.17, 15) is 9.18 Å². The van der Waals surface area contributed by atoms with Crippen molar-refractivity contribution < 1.29 is 18.3 Å². The van der Waals surface area contributed by atoms with Crippen LogP contribution in [0.3, 0.4) is 0 Å². The zero-order valence-electron chi connectivity index (χ0n) is 21.3. The molecule has 0 spiro atoms. The molecule has 5 rings (SSSR count). The van der Waals surface area contributed by atoms with Crippen LogP contribution in [0.25, 0.3) is 33.3 Å². The molecule has 38 heavy (non-hydrogen) atoms. The molecule has 0 bridgehead atoms. The molecule has 196 valence electrons. The molecule has 1 amide bonds. The van der Waals surface area contributed by atoms with Gasteiger partial charge in [0.05, 0.1) is 16.2 Å². The van der Waals surface area contributed by atoms with Crippen LogP contribution in [0.15, 0.2) is 60.8 Å². The minimum atomic E-state index is -0.672. The third kappa shape index (κ3) is 5.27. The number of hydrogen-bond acceptors (Lipinski definition) is 5.